The fourth-order valence-electron chi connectivity index (χ4n) is 1.39. The van der Waals surface area contributed by atoms with Crippen LogP contribution in [0.4, 0.5) is 0 Å². The molecular weight excluding hydrogens is 206 g/mol. The van der Waals surface area contributed by atoms with Crippen LogP contribution in [-0.4, -0.2) is 10.8 Å². The number of hydrogen-bond donors (Lipinski definition) is 0. The number of Topliss-reactive ketones (excluding diaryl/α,β-unsaturated/α-hetero) is 1. The van der Waals surface area contributed by atoms with Crippen LogP contribution in [0.2, 0.25) is 0 Å². The monoisotopic (exact) mass is 217 g/mol. The number of carbonyl (C=O) groups excluding carboxylic acids is 1. The Balaban J connectivity index is 2.15. The van der Waals surface area contributed by atoms with E-state index in [0.717, 1.165) is 16.1 Å². The van der Waals surface area contributed by atoms with Crippen molar-refractivity contribution < 1.29 is 4.79 Å². The highest BCUT2D eigenvalue weighted by Gasteiger charge is 2.07. The average molecular weight is 217 g/mol. The Kier molecular flexibility index (Phi) is 2.92. The Bertz CT molecular complexity index is 462. The van der Waals surface area contributed by atoms with Crippen LogP contribution in [-0.2, 0) is 6.42 Å². The van der Waals surface area contributed by atoms with Crippen molar-refractivity contribution in [1.29, 1.82) is 0 Å². The zero-order valence-electron chi connectivity index (χ0n) is 8.43. The molecule has 3 heteroatoms. The highest BCUT2D eigenvalue weighted by Crippen LogP contribution is 2.12. The molecule has 0 spiro atoms. The minimum atomic E-state index is 0.156. The lowest BCUT2D eigenvalue weighted by molar-refractivity contribution is 0.0993. The largest absolute Gasteiger partial charge is 0.294 e. The first-order chi connectivity index (χ1) is 7.25. The predicted octanol–water partition coefficient (Wildman–Crippen LogP) is 2.88. The SMILES string of the molecule is Cc1cc(C(=O)Cc2cccs2)ccn1. The third kappa shape index (κ3) is 2.50. The molecule has 0 unspecified atom stereocenters. The van der Waals surface area contributed by atoms with Gasteiger partial charge in [0.25, 0.3) is 0 Å². The van der Waals surface area contributed by atoms with Crippen LogP contribution in [0.15, 0.2) is 35.8 Å². The predicted molar refractivity (Wildman–Crippen MR) is 61.3 cm³/mol. The summed E-state index contributed by atoms with van der Waals surface area (Å²) in [5.74, 6) is 0.156. The van der Waals surface area contributed by atoms with E-state index in [9.17, 15) is 4.79 Å². The van der Waals surface area contributed by atoms with E-state index in [1.54, 1.807) is 23.6 Å². The van der Waals surface area contributed by atoms with Crippen molar-refractivity contribution in [1.82, 2.24) is 4.98 Å². The number of pyridine rings is 1. The molecule has 76 valence electrons. The molecule has 0 aliphatic carbocycles. The summed E-state index contributed by atoms with van der Waals surface area (Å²) in [6.45, 7) is 1.89. The third-order valence-corrected chi connectivity index (χ3v) is 3.01. The number of nitrogens with zero attached hydrogens (tertiary/aromatic N) is 1. The van der Waals surface area contributed by atoms with Crippen LogP contribution in [0, 0.1) is 6.92 Å². The number of rotatable bonds is 3. The van der Waals surface area contributed by atoms with Crippen LogP contribution in [0.1, 0.15) is 20.9 Å². The van der Waals surface area contributed by atoms with Crippen LogP contribution >= 0.6 is 11.3 Å². The summed E-state index contributed by atoms with van der Waals surface area (Å²) < 4.78 is 0. The quantitative estimate of drug-likeness (QED) is 0.740. The summed E-state index contributed by atoms with van der Waals surface area (Å²) in [5, 5.41) is 1.99. The summed E-state index contributed by atoms with van der Waals surface area (Å²) in [6.07, 6.45) is 2.16. The fourth-order valence-corrected chi connectivity index (χ4v) is 2.10. The van der Waals surface area contributed by atoms with E-state index in [1.165, 1.54) is 0 Å². The standard InChI is InChI=1S/C12H11NOS/c1-9-7-10(4-5-13-9)12(14)8-11-3-2-6-15-11/h2-7H,8H2,1H3. The van der Waals surface area contributed by atoms with Crippen molar-refractivity contribution >= 4 is 17.1 Å². The molecule has 0 aliphatic heterocycles. The summed E-state index contributed by atoms with van der Waals surface area (Å²) >= 11 is 1.61. The van der Waals surface area contributed by atoms with Crippen molar-refractivity contribution in [3.63, 3.8) is 0 Å². The minimum absolute atomic E-state index is 0.156. The number of aromatic nitrogens is 1. The number of hydrogen-bond acceptors (Lipinski definition) is 3. The van der Waals surface area contributed by atoms with E-state index in [2.05, 4.69) is 4.98 Å². The van der Waals surface area contributed by atoms with Crippen LogP contribution in [0.5, 0.6) is 0 Å². The van der Waals surface area contributed by atoms with Crippen LogP contribution in [0.25, 0.3) is 0 Å². The van der Waals surface area contributed by atoms with E-state index >= 15 is 0 Å². The van der Waals surface area contributed by atoms with E-state index < -0.39 is 0 Å². The lowest BCUT2D eigenvalue weighted by Gasteiger charge is -1.99. The van der Waals surface area contributed by atoms with Gasteiger partial charge in [-0.25, -0.2) is 0 Å². The van der Waals surface area contributed by atoms with Gasteiger partial charge in [-0.05, 0) is 30.5 Å². The Morgan fingerprint density at radius 1 is 1.47 bits per heavy atom. The number of carbonyl (C=O) groups is 1. The maximum Gasteiger partial charge on any atom is 0.168 e. The van der Waals surface area contributed by atoms with Gasteiger partial charge in [-0.3, -0.25) is 9.78 Å². The lowest BCUT2D eigenvalue weighted by atomic mass is 10.1. The fraction of sp³-hybridized carbons (Fsp3) is 0.167. The Morgan fingerprint density at radius 2 is 2.33 bits per heavy atom. The zero-order valence-corrected chi connectivity index (χ0v) is 9.25. The normalized spacial score (nSPS) is 10.2. The number of thiophene rings is 1. The molecule has 0 amide bonds. The zero-order chi connectivity index (χ0) is 10.7. The van der Waals surface area contributed by atoms with Gasteiger partial charge in [0.1, 0.15) is 0 Å². The van der Waals surface area contributed by atoms with E-state index in [0.29, 0.717) is 6.42 Å². The van der Waals surface area contributed by atoms with E-state index in [-0.39, 0.29) is 5.78 Å². The van der Waals surface area contributed by atoms with Crippen molar-refractivity contribution in [3.05, 3.63) is 52.0 Å². The molecular formula is C12H11NOS. The third-order valence-electron chi connectivity index (χ3n) is 2.13. The topological polar surface area (TPSA) is 30.0 Å². The Hall–Kier alpha value is -1.48. The highest BCUT2D eigenvalue weighted by molar-refractivity contribution is 7.10. The summed E-state index contributed by atoms with van der Waals surface area (Å²) in [5.41, 5.74) is 1.63. The van der Waals surface area contributed by atoms with Gasteiger partial charge < -0.3 is 0 Å². The van der Waals surface area contributed by atoms with Gasteiger partial charge in [-0.1, -0.05) is 6.07 Å². The van der Waals surface area contributed by atoms with Gasteiger partial charge in [0.15, 0.2) is 5.78 Å². The smallest absolute Gasteiger partial charge is 0.168 e. The van der Waals surface area contributed by atoms with Gasteiger partial charge >= 0.3 is 0 Å². The summed E-state index contributed by atoms with van der Waals surface area (Å²) in [4.78, 5) is 17.0. The molecule has 0 radical (unpaired) electrons. The molecule has 15 heavy (non-hydrogen) atoms. The molecule has 0 bridgehead atoms. The van der Waals surface area contributed by atoms with E-state index in [4.69, 9.17) is 0 Å². The van der Waals surface area contributed by atoms with Crippen LogP contribution < -0.4 is 0 Å². The maximum absolute atomic E-state index is 11.8. The molecule has 0 saturated carbocycles. The molecule has 2 heterocycles. The molecule has 0 fully saturated rings. The molecule has 0 N–H and O–H groups in total. The molecule has 0 aromatic carbocycles. The van der Waals surface area contributed by atoms with E-state index in [1.807, 2.05) is 30.5 Å². The minimum Gasteiger partial charge on any atom is -0.294 e. The van der Waals surface area contributed by atoms with Crippen molar-refractivity contribution in [3.8, 4) is 0 Å². The molecule has 0 saturated heterocycles. The highest BCUT2D eigenvalue weighted by atomic mass is 32.1. The molecule has 0 atom stereocenters. The maximum atomic E-state index is 11.8. The Labute approximate surface area is 92.6 Å². The first-order valence-electron chi connectivity index (χ1n) is 4.74. The van der Waals surface area contributed by atoms with Gasteiger partial charge in [-0.2, -0.15) is 0 Å². The van der Waals surface area contributed by atoms with Crippen LogP contribution in [0.3, 0.4) is 0 Å². The second-order valence-electron chi connectivity index (χ2n) is 3.37. The molecule has 2 aromatic heterocycles. The van der Waals surface area contributed by atoms with Crippen molar-refractivity contribution in [2.24, 2.45) is 0 Å². The summed E-state index contributed by atoms with van der Waals surface area (Å²) in [7, 11) is 0. The molecule has 2 rings (SSSR count). The van der Waals surface area contributed by atoms with Gasteiger partial charge in [-0.15, -0.1) is 11.3 Å². The second-order valence-corrected chi connectivity index (χ2v) is 4.40. The summed E-state index contributed by atoms with van der Waals surface area (Å²) in [6, 6.07) is 7.54. The second kappa shape index (κ2) is 4.36. The van der Waals surface area contributed by atoms with Gasteiger partial charge in [0, 0.05) is 28.8 Å². The first-order valence-corrected chi connectivity index (χ1v) is 5.62. The van der Waals surface area contributed by atoms with Crippen molar-refractivity contribution in [2.75, 3.05) is 0 Å². The molecule has 2 nitrogen and oxygen atoms in total. The first kappa shape index (κ1) is 10.1. The lowest BCUT2D eigenvalue weighted by Crippen LogP contribution is -2.02. The molecule has 0 aliphatic rings. The van der Waals surface area contributed by atoms with Gasteiger partial charge in [0.05, 0.1) is 0 Å². The number of aryl methyl sites for hydroxylation is 1. The average Bonchev–Trinajstić information content (AvgIpc) is 2.70. The number of ketones is 1. The van der Waals surface area contributed by atoms with Gasteiger partial charge in [0.2, 0.25) is 0 Å². The van der Waals surface area contributed by atoms with Crippen molar-refractivity contribution in [2.45, 2.75) is 13.3 Å². The molecule has 2 aromatic rings. The Morgan fingerprint density at radius 3 is 3.00 bits per heavy atom.